The van der Waals surface area contributed by atoms with Crippen molar-refractivity contribution in [2.75, 3.05) is 26.1 Å². The van der Waals surface area contributed by atoms with Crippen LogP contribution < -0.4 is 15.2 Å². The fraction of sp³-hybridized carbons (Fsp3) is 0.400. The highest BCUT2D eigenvalue weighted by Crippen LogP contribution is 2.36. The quantitative estimate of drug-likeness (QED) is 0.717. The summed E-state index contributed by atoms with van der Waals surface area (Å²) in [7, 11) is 1.63. The zero-order valence-corrected chi connectivity index (χ0v) is 8.03. The number of nitrogens with two attached hydrogens (primary N) is 1. The van der Waals surface area contributed by atoms with E-state index in [0.29, 0.717) is 30.4 Å². The summed E-state index contributed by atoms with van der Waals surface area (Å²) in [6.45, 7) is 1.01. The van der Waals surface area contributed by atoms with Crippen LogP contribution in [0.3, 0.4) is 0 Å². The summed E-state index contributed by atoms with van der Waals surface area (Å²) in [6.07, 6.45) is -0.0720. The van der Waals surface area contributed by atoms with Crippen LogP contribution in [0.5, 0.6) is 11.5 Å². The Kier molecular flexibility index (Phi) is 2.45. The SMILES string of the molecule is COC[C@@H]1COc2cccc(N)c2O1. The lowest BCUT2D eigenvalue weighted by Gasteiger charge is -2.26. The van der Waals surface area contributed by atoms with Gasteiger partial charge in [0, 0.05) is 7.11 Å². The van der Waals surface area contributed by atoms with E-state index in [-0.39, 0.29) is 6.10 Å². The number of rotatable bonds is 2. The Hall–Kier alpha value is -1.42. The lowest BCUT2D eigenvalue weighted by atomic mass is 10.2. The van der Waals surface area contributed by atoms with E-state index >= 15 is 0 Å². The molecule has 0 aromatic heterocycles. The van der Waals surface area contributed by atoms with Crippen LogP contribution in [-0.2, 0) is 4.74 Å². The number of anilines is 1. The molecule has 0 saturated heterocycles. The van der Waals surface area contributed by atoms with Crippen molar-refractivity contribution in [1.29, 1.82) is 0 Å². The standard InChI is InChI=1S/C10H13NO3/c1-12-5-7-6-13-9-4-2-3-8(11)10(9)14-7/h2-4,7H,5-6,11H2,1H3/t7-/m1/s1. The molecule has 0 spiro atoms. The van der Waals surface area contributed by atoms with Crippen molar-refractivity contribution in [3.8, 4) is 11.5 Å². The van der Waals surface area contributed by atoms with Gasteiger partial charge in [-0.15, -0.1) is 0 Å². The summed E-state index contributed by atoms with van der Waals surface area (Å²) < 4.78 is 16.1. The van der Waals surface area contributed by atoms with Crippen molar-refractivity contribution < 1.29 is 14.2 Å². The molecular formula is C10H13NO3. The van der Waals surface area contributed by atoms with Gasteiger partial charge in [-0.25, -0.2) is 0 Å². The molecule has 1 aromatic rings. The van der Waals surface area contributed by atoms with E-state index in [0.717, 1.165) is 0 Å². The maximum Gasteiger partial charge on any atom is 0.184 e. The zero-order valence-electron chi connectivity index (χ0n) is 8.03. The predicted octanol–water partition coefficient (Wildman–Crippen LogP) is 1.06. The number of para-hydroxylation sites is 1. The second-order valence-corrected chi connectivity index (χ2v) is 3.18. The molecule has 1 aromatic carbocycles. The lowest BCUT2D eigenvalue weighted by molar-refractivity contribution is 0.0278. The van der Waals surface area contributed by atoms with E-state index in [1.54, 1.807) is 13.2 Å². The second kappa shape index (κ2) is 3.75. The van der Waals surface area contributed by atoms with Gasteiger partial charge in [0.1, 0.15) is 6.61 Å². The molecule has 0 fully saturated rings. The molecule has 14 heavy (non-hydrogen) atoms. The molecular weight excluding hydrogens is 182 g/mol. The maximum atomic E-state index is 5.75. The molecule has 0 saturated carbocycles. The van der Waals surface area contributed by atoms with Gasteiger partial charge in [-0.2, -0.15) is 0 Å². The van der Waals surface area contributed by atoms with Crippen LogP contribution in [-0.4, -0.2) is 26.4 Å². The van der Waals surface area contributed by atoms with Crippen LogP contribution in [0.4, 0.5) is 5.69 Å². The van der Waals surface area contributed by atoms with Gasteiger partial charge < -0.3 is 19.9 Å². The number of fused-ring (bicyclic) bond motifs is 1. The molecule has 0 unspecified atom stereocenters. The molecule has 1 atom stereocenters. The summed E-state index contributed by atoms with van der Waals surface area (Å²) in [5, 5.41) is 0. The monoisotopic (exact) mass is 195 g/mol. The summed E-state index contributed by atoms with van der Waals surface area (Å²) in [5.41, 5.74) is 6.35. The van der Waals surface area contributed by atoms with E-state index in [1.165, 1.54) is 0 Å². The lowest BCUT2D eigenvalue weighted by Crippen LogP contribution is -2.33. The summed E-state index contributed by atoms with van der Waals surface area (Å²) >= 11 is 0. The van der Waals surface area contributed by atoms with Gasteiger partial charge in [0.2, 0.25) is 0 Å². The number of hydrogen-bond acceptors (Lipinski definition) is 4. The Morgan fingerprint density at radius 3 is 3.21 bits per heavy atom. The highest BCUT2D eigenvalue weighted by Gasteiger charge is 2.22. The molecule has 1 aliphatic rings. The molecule has 1 heterocycles. The molecule has 4 nitrogen and oxygen atoms in total. The first-order valence-electron chi connectivity index (χ1n) is 4.48. The minimum Gasteiger partial charge on any atom is -0.486 e. The predicted molar refractivity (Wildman–Crippen MR) is 52.6 cm³/mol. The topological polar surface area (TPSA) is 53.7 Å². The van der Waals surface area contributed by atoms with Gasteiger partial charge in [0.05, 0.1) is 12.3 Å². The normalized spacial score (nSPS) is 19.4. The van der Waals surface area contributed by atoms with Gasteiger partial charge in [-0.05, 0) is 12.1 Å². The Morgan fingerprint density at radius 2 is 2.43 bits per heavy atom. The smallest absolute Gasteiger partial charge is 0.184 e. The van der Waals surface area contributed by atoms with E-state index in [2.05, 4.69) is 0 Å². The highest BCUT2D eigenvalue weighted by atomic mass is 16.6. The first-order valence-corrected chi connectivity index (χ1v) is 4.48. The largest absolute Gasteiger partial charge is 0.486 e. The first kappa shape index (κ1) is 9.15. The average Bonchev–Trinajstić information content (AvgIpc) is 2.20. The van der Waals surface area contributed by atoms with Gasteiger partial charge in [-0.3, -0.25) is 0 Å². The van der Waals surface area contributed by atoms with E-state index in [9.17, 15) is 0 Å². The van der Waals surface area contributed by atoms with Crippen LogP contribution >= 0.6 is 0 Å². The average molecular weight is 195 g/mol. The van der Waals surface area contributed by atoms with Crippen LogP contribution in [0.25, 0.3) is 0 Å². The highest BCUT2D eigenvalue weighted by molar-refractivity contribution is 5.60. The molecule has 1 aliphatic heterocycles. The molecule has 0 amide bonds. The zero-order chi connectivity index (χ0) is 9.97. The molecule has 2 rings (SSSR count). The molecule has 76 valence electrons. The van der Waals surface area contributed by atoms with Crippen molar-refractivity contribution in [2.24, 2.45) is 0 Å². The minimum absolute atomic E-state index is 0.0720. The molecule has 4 heteroatoms. The summed E-state index contributed by atoms with van der Waals surface area (Å²) in [6, 6.07) is 5.47. The van der Waals surface area contributed by atoms with E-state index in [1.807, 2.05) is 12.1 Å². The van der Waals surface area contributed by atoms with Crippen LogP contribution in [0.1, 0.15) is 0 Å². The van der Waals surface area contributed by atoms with E-state index < -0.39 is 0 Å². The summed E-state index contributed by atoms with van der Waals surface area (Å²) in [5.74, 6) is 1.33. The van der Waals surface area contributed by atoms with Crippen molar-refractivity contribution in [1.82, 2.24) is 0 Å². The number of ether oxygens (including phenoxy) is 3. The third-order valence-electron chi connectivity index (χ3n) is 2.07. The van der Waals surface area contributed by atoms with Crippen LogP contribution in [0, 0.1) is 0 Å². The van der Waals surface area contributed by atoms with Crippen LogP contribution in [0.2, 0.25) is 0 Å². The Bertz CT molecular complexity index is 327. The van der Waals surface area contributed by atoms with Crippen molar-refractivity contribution >= 4 is 5.69 Å². The fourth-order valence-electron chi connectivity index (χ4n) is 1.42. The van der Waals surface area contributed by atoms with Gasteiger partial charge in [0.15, 0.2) is 17.6 Å². The number of benzene rings is 1. The molecule has 2 N–H and O–H groups in total. The van der Waals surface area contributed by atoms with Crippen molar-refractivity contribution in [3.05, 3.63) is 18.2 Å². The number of methoxy groups -OCH3 is 1. The third-order valence-corrected chi connectivity index (χ3v) is 2.07. The Balaban J connectivity index is 2.20. The maximum absolute atomic E-state index is 5.75. The molecule has 0 aliphatic carbocycles. The first-order chi connectivity index (χ1) is 6.81. The van der Waals surface area contributed by atoms with Gasteiger partial charge in [-0.1, -0.05) is 6.07 Å². The van der Waals surface area contributed by atoms with Gasteiger partial charge >= 0.3 is 0 Å². The van der Waals surface area contributed by atoms with Crippen molar-refractivity contribution in [3.63, 3.8) is 0 Å². The Morgan fingerprint density at radius 1 is 1.57 bits per heavy atom. The number of hydrogen-bond donors (Lipinski definition) is 1. The van der Waals surface area contributed by atoms with Crippen molar-refractivity contribution in [2.45, 2.75) is 6.10 Å². The Labute approximate surface area is 82.6 Å². The molecule has 0 bridgehead atoms. The fourth-order valence-corrected chi connectivity index (χ4v) is 1.42. The van der Waals surface area contributed by atoms with Gasteiger partial charge in [0.25, 0.3) is 0 Å². The molecule has 0 radical (unpaired) electrons. The van der Waals surface area contributed by atoms with E-state index in [4.69, 9.17) is 19.9 Å². The second-order valence-electron chi connectivity index (χ2n) is 3.18. The number of nitrogen functional groups attached to an aromatic ring is 1. The third kappa shape index (κ3) is 1.61. The minimum atomic E-state index is -0.0720. The summed E-state index contributed by atoms with van der Waals surface area (Å²) in [4.78, 5) is 0. The van der Waals surface area contributed by atoms with Crippen LogP contribution in [0.15, 0.2) is 18.2 Å².